The van der Waals surface area contributed by atoms with Gasteiger partial charge in [0.2, 0.25) is 0 Å². The van der Waals surface area contributed by atoms with Crippen molar-refractivity contribution in [2.75, 3.05) is 33.3 Å². The molecule has 2 aliphatic heterocycles. The Morgan fingerprint density at radius 1 is 1.15 bits per heavy atom. The normalized spacial score (nSPS) is 34.8. The number of methoxy groups -OCH3 is 1. The number of fused-ring (bicyclic) bond motifs is 1. The molecule has 1 aromatic carbocycles. The average molecular weight is 373 g/mol. The number of aliphatic hydroxyl groups is 1. The zero-order chi connectivity index (χ0) is 19.2. The highest BCUT2D eigenvalue weighted by atomic mass is 16.5. The summed E-state index contributed by atoms with van der Waals surface area (Å²) in [5, 5.41) is 15.8. The smallest absolute Gasteiger partial charge is 0.122 e. The molecule has 3 aliphatic rings. The van der Waals surface area contributed by atoms with Gasteiger partial charge in [-0.05, 0) is 101 Å². The molecule has 3 unspecified atom stereocenters. The molecule has 1 aromatic rings. The van der Waals surface area contributed by atoms with Crippen molar-refractivity contribution in [1.29, 1.82) is 0 Å². The van der Waals surface area contributed by atoms with Crippen LogP contribution in [0, 0.1) is 19.8 Å². The monoisotopic (exact) mass is 372 g/mol. The van der Waals surface area contributed by atoms with Gasteiger partial charge in [-0.2, -0.15) is 0 Å². The largest absolute Gasteiger partial charge is 0.496 e. The molecule has 2 heterocycles. The summed E-state index contributed by atoms with van der Waals surface area (Å²) in [5.74, 6) is 1.80. The summed E-state index contributed by atoms with van der Waals surface area (Å²) in [7, 11) is 1.75. The molecule has 1 aliphatic carbocycles. The summed E-state index contributed by atoms with van der Waals surface area (Å²) < 4.78 is 5.67. The van der Waals surface area contributed by atoms with Gasteiger partial charge >= 0.3 is 0 Å². The highest BCUT2D eigenvalue weighted by molar-refractivity contribution is 5.47. The molecule has 3 fully saturated rings. The van der Waals surface area contributed by atoms with Crippen LogP contribution in [0.5, 0.6) is 5.75 Å². The minimum atomic E-state index is -0.714. The van der Waals surface area contributed by atoms with Crippen molar-refractivity contribution in [2.24, 2.45) is 5.92 Å². The van der Waals surface area contributed by atoms with Gasteiger partial charge in [-0.1, -0.05) is 6.07 Å². The second-order valence-corrected chi connectivity index (χ2v) is 9.26. The van der Waals surface area contributed by atoms with Crippen molar-refractivity contribution in [2.45, 2.75) is 69.9 Å². The van der Waals surface area contributed by atoms with E-state index in [-0.39, 0.29) is 11.5 Å². The Morgan fingerprint density at radius 2 is 1.89 bits per heavy atom. The minimum absolute atomic E-state index is 0.179. The summed E-state index contributed by atoms with van der Waals surface area (Å²) in [6.07, 6.45) is 5.55. The quantitative estimate of drug-likeness (QED) is 0.852. The van der Waals surface area contributed by atoms with Crippen LogP contribution in [0.4, 0.5) is 0 Å². The zero-order valence-corrected chi connectivity index (χ0v) is 17.5. The van der Waals surface area contributed by atoms with Gasteiger partial charge in [0.15, 0.2) is 0 Å². The second kappa shape index (κ2) is 7.06. The van der Waals surface area contributed by atoms with Crippen LogP contribution in [-0.2, 0) is 5.41 Å². The van der Waals surface area contributed by atoms with Crippen molar-refractivity contribution < 1.29 is 9.84 Å². The maximum absolute atomic E-state index is 12.3. The van der Waals surface area contributed by atoms with E-state index >= 15 is 0 Å². The van der Waals surface area contributed by atoms with Crippen LogP contribution in [0.1, 0.15) is 55.7 Å². The Labute approximate surface area is 164 Å². The first kappa shape index (κ1) is 19.2. The Morgan fingerprint density at radius 3 is 2.59 bits per heavy atom. The Hall–Kier alpha value is -1.10. The van der Waals surface area contributed by atoms with Crippen LogP contribution >= 0.6 is 0 Å². The second-order valence-electron chi connectivity index (χ2n) is 9.26. The summed E-state index contributed by atoms with van der Waals surface area (Å²) in [6.45, 7) is 10.7. The fourth-order valence-corrected chi connectivity index (χ4v) is 5.89. The number of likely N-dealkylation sites (tertiary alicyclic amines) is 1. The van der Waals surface area contributed by atoms with Crippen LogP contribution < -0.4 is 10.1 Å². The lowest BCUT2D eigenvalue weighted by Crippen LogP contribution is -2.68. The average Bonchev–Trinajstić information content (AvgIpc) is 3.46. The van der Waals surface area contributed by atoms with Gasteiger partial charge < -0.3 is 15.2 Å². The SMILES string of the molecule is COc1cc(C23CCNCCC2(O)C(C)N(CC2CC2)CC3)c(C)cc1C. The molecule has 0 radical (unpaired) electrons. The Kier molecular flexibility index (Phi) is 5.02. The Bertz CT molecular complexity index is 702. The summed E-state index contributed by atoms with van der Waals surface area (Å²) in [4.78, 5) is 2.57. The molecule has 0 amide bonds. The van der Waals surface area contributed by atoms with Crippen molar-refractivity contribution in [1.82, 2.24) is 10.2 Å². The van der Waals surface area contributed by atoms with Crippen molar-refractivity contribution in [3.63, 3.8) is 0 Å². The minimum Gasteiger partial charge on any atom is -0.496 e. The third-order valence-electron chi connectivity index (χ3n) is 7.75. The number of hydrogen-bond donors (Lipinski definition) is 2. The number of ether oxygens (including phenoxy) is 1. The van der Waals surface area contributed by atoms with E-state index in [0.29, 0.717) is 0 Å². The highest BCUT2D eigenvalue weighted by Crippen LogP contribution is 2.52. The lowest BCUT2D eigenvalue weighted by atomic mass is 9.57. The van der Waals surface area contributed by atoms with Crippen molar-refractivity contribution in [3.8, 4) is 5.75 Å². The summed E-state index contributed by atoms with van der Waals surface area (Å²) >= 11 is 0. The fourth-order valence-electron chi connectivity index (χ4n) is 5.89. The fraction of sp³-hybridized carbons (Fsp3) is 0.739. The first-order valence-electron chi connectivity index (χ1n) is 10.7. The van der Waals surface area contributed by atoms with Crippen LogP contribution in [0.2, 0.25) is 0 Å². The van der Waals surface area contributed by atoms with Gasteiger partial charge in [-0.3, -0.25) is 4.90 Å². The van der Waals surface area contributed by atoms with E-state index in [1.807, 2.05) is 0 Å². The van der Waals surface area contributed by atoms with E-state index < -0.39 is 5.60 Å². The van der Waals surface area contributed by atoms with Gasteiger partial charge in [0.1, 0.15) is 5.75 Å². The maximum atomic E-state index is 12.3. The van der Waals surface area contributed by atoms with E-state index in [1.165, 1.54) is 29.5 Å². The molecule has 2 N–H and O–H groups in total. The molecule has 4 heteroatoms. The maximum Gasteiger partial charge on any atom is 0.122 e. The number of nitrogens with zero attached hydrogens (tertiary/aromatic N) is 1. The first-order valence-corrected chi connectivity index (χ1v) is 10.7. The topological polar surface area (TPSA) is 44.7 Å². The van der Waals surface area contributed by atoms with Crippen LogP contribution in [-0.4, -0.2) is 54.9 Å². The predicted octanol–water partition coefficient (Wildman–Crippen LogP) is 3.17. The van der Waals surface area contributed by atoms with Crippen molar-refractivity contribution >= 4 is 0 Å². The molecule has 0 bridgehead atoms. The van der Waals surface area contributed by atoms with E-state index in [4.69, 9.17) is 4.74 Å². The van der Waals surface area contributed by atoms with Gasteiger partial charge in [-0.15, -0.1) is 0 Å². The number of benzene rings is 1. The van der Waals surface area contributed by atoms with Gasteiger partial charge in [0.05, 0.1) is 12.7 Å². The van der Waals surface area contributed by atoms with E-state index in [1.54, 1.807) is 7.11 Å². The molecule has 4 nitrogen and oxygen atoms in total. The van der Waals surface area contributed by atoms with E-state index in [0.717, 1.165) is 57.1 Å². The standard InChI is InChI=1S/C23H36N2O2/c1-16-13-17(2)21(27-4)14-20(16)22-7-10-24-11-8-23(22,26)18(3)25(12-9-22)15-19-5-6-19/h13-14,18-19,24,26H,5-12,15H2,1-4H3. The van der Waals surface area contributed by atoms with Gasteiger partial charge in [-0.25, -0.2) is 0 Å². The number of hydrogen-bond acceptors (Lipinski definition) is 4. The highest BCUT2D eigenvalue weighted by Gasteiger charge is 2.59. The molecule has 4 rings (SSSR count). The Balaban J connectivity index is 1.80. The van der Waals surface area contributed by atoms with E-state index in [2.05, 4.69) is 43.1 Å². The molecular weight excluding hydrogens is 336 g/mol. The van der Waals surface area contributed by atoms with E-state index in [9.17, 15) is 5.11 Å². The molecule has 3 atom stereocenters. The number of aryl methyl sites for hydroxylation is 2. The molecule has 1 saturated carbocycles. The molecule has 150 valence electrons. The van der Waals surface area contributed by atoms with Crippen molar-refractivity contribution in [3.05, 3.63) is 28.8 Å². The predicted molar refractivity (Wildman–Crippen MR) is 110 cm³/mol. The lowest BCUT2D eigenvalue weighted by molar-refractivity contribution is -0.136. The molecule has 2 saturated heterocycles. The number of nitrogens with one attached hydrogen (secondary N) is 1. The van der Waals surface area contributed by atoms with Crippen LogP contribution in [0.3, 0.4) is 0 Å². The first-order chi connectivity index (χ1) is 12.9. The van der Waals surface area contributed by atoms with Gasteiger partial charge in [0.25, 0.3) is 0 Å². The third kappa shape index (κ3) is 3.10. The zero-order valence-electron chi connectivity index (χ0n) is 17.5. The molecule has 0 aromatic heterocycles. The molecular formula is C23H36N2O2. The van der Waals surface area contributed by atoms with Crippen LogP contribution in [0.25, 0.3) is 0 Å². The number of piperidine rings is 1. The summed E-state index contributed by atoms with van der Waals surface area (Å²) in [6, 6.07) is 4.64. The third-order valence-corrected chi connectivity index (χ3v) is 7.75. The molecule has 0 spiro atoms. The molecule has 27 heavy (non-hydrogen) atoms. The van der Waals surface area contributed by atoms with Gasteiger partial charge in [0, 0.05) is 18.0 Å². The number of rotatable bonds is 4. The summed E-state index contributed by atoms with van der Waals surface area (Å²) in [5.41, 5.74) is 2.84. The van der Waals surface area contributed by atoms with Crippen LogP contribution in [0.15, 0.2) is 12.1 Å². The lowest BCUT2D eigenvalue weighted by Gasteiger charge is -2.58.